The van der Waals surface area contributed by atoms with E-state index in [2.05, 4.69) is 27.4 Å². The Labute approximate surface area is 183 Å². The summed E-state index contributed by atoms with van der Waals surface area (Å²) in [5, 5.41) is 9.48. The highest BCUT2D eigenvalue weighted by Crippen LogP contribution is 2.35. The van der Waals surface area contributed by atoms with Gasteiger partial charge in [0.2, 0.25) is 0 Å². The van der Waals surface area contributed by atoms with Crippen LogP contribution in [0.4, 0.5) is 5.00 Å². The zero-order valence-electron chi connectivity index (χ0n) is 18.7. The molecule has 3 N–H and O–H groups in total. The third kappa shape index (κ3) is 4.78. The Morgan fingerprint density at radius 1 is 1.23 bits per heavy atom. The van der Waals surface area contributed by atoms with E-state index >= 15 is 0 Å². The quantitative estimate of drug-likeness (QED) is 0.627. The maximum atomic E-state index is 12.9. The molecular weight excluding hydrogens is 396 g/mol. The minimum absolute atomic E-state index is 0.121. The lowest BCUT2D eigenvalue weighted by atomic mass is 9.90. The van der Waals surface area contributed by atoms with Crippen LogP contribution in [0.1, 0.15) is 65.3 Å². The molecule has 0 aliphatic heterocycles. The number of nitrogens with zero attached hydrogens (tertiary/aromatic N) is 1. The number of rotatable bonds is 7. The number of anilines is 1. The molecule has 0 radical (unpaired) electrons. The SMILES string of the molecule is CCN(c1scc(C(=O)NCc2c(C)cc(C)[nH]c2=O)c1C)C1CCC(NC)CC1. The number of aromatic amines is 1. The first-order valence-electron chi connectivity index (χ1n) is 10.8. The molecule has 3 rings (SSSR count). The molecule has 164 valence electrons. The molecule has 0 spiro atoms. The summed E-state index contributed by atoms with van der Waals surface area (Å²) in [6, 6.07) is 3.08. The van der Waals surface area contributed by atoms with Crippen LogP contribution in [0, 0.1) is 20.8 Å². The van der Waals surface area contributed by atoms with Crippen molar-refractivity contribution in [1.82, 2.24) is 15.6 Å². The highest BCUT2D eigenvalue weighted by Gasteiger charge is 2.27. The Balaban J connectivity index is 1.71. The summed E-state index contributed by atoms with van der Waals surface area (Å²) in [7, 11) is 2.04. The Kier molecular flexibility index (Phi) is 7.36. The highest BCUT2D eigenvalue weighted by atomic mass is 32.1. The second kappa shape index (κ2) is 9.79. The van der Waals surface area contributed by atoms with Crippen LogP contribution in [0.5, 0.6) is 0 Å². The van der Waals surface area contributed by atoms with Crippen LogP contribution in [0.2, 0.25) is 0 Å². The molecule has 1 aliphatic rings. The maximum absolute atomic E-state index is 12.9. The van der Waals surface area contributed by atoms with E-state index in [-0.39, 0.29) is 18.0 Å². The summed E-state index contributed by atoms with van der Waals surface area (Å²) in [6.07, 6.45) is 4.74. The molecule has 6 nitrogen and oxygen atoms in total. The summed E-state index contributed by atoms with van der Waals surface area (Å²) in [4.78, 5) is 30.4. The Bertz CT molecular complexity index is 941. The number of hydrogen-bond acceptors (Lipinski definition) is 5. The van der Waals surface area contributed by atoms with Crippen LogP contribution >= 0.6 is 11.3 Å². The maximum Gasteiger partial charge on any atom is 0.253 e. The first kappa shape index (κ1) is 22.6. The van der Waals surface area contributed by atoms with Gasteiger partial charge >= 0.3 is 0 Å². The van der Waals surface area contributed by atoms with Crippen molar-refractivity contribution in [1.29, 1.82) is 0 Å². The van der Waals surface area contributed by atoms with Gasteiger partial charge in [-0.25, -0.2) is 0 Å². The van der Waals surface area contributed by atoms with Gasteiger partial charge in [-0.15, -0.1) is 11.3 Å². The summed E-state index contributed by atoms with van der Waals surface area (Å²) >= 11 is 1.65. The van der Waals surface area contributed by atoms with Crippen molar-refractivity contribution >= 4 is 22.2 Å². The zero-order chi connectivity index (χ0) is 21.8. The van der Waals surface area contributed by atoms with E-state index in [9.17, 15) is 9.59 Å². The van der Waals surface area contributed by atoms with Gasteiger partial charge in [-0.05, 0) is 77.6 Å². The Morgan fingerprint density at radius 2 is 1.93 bits per heavy atom. The summed E-state index contributed by atoms with van der Waals surface area (Å²) < 4.78 is 0. The molecule has 0 saturated heterocycles. The highest BCUT2D eigenvalue weighted by molar-refractivity contribution is 7.14. The molecule has 1 saturated carbocycles. The van der Waals surface area contributed by atoms with Crippen LogP contribution in [-0.2, 0) is 6.54 Å². The summed E-state index contributed by atoms with van der Waals surface area (Å²) in [5.41, 5.74) is 3.94. The fourth-order valence-electron chi connectivity index (χ4n) is 4.52. The second-order valence-corrected chi connectivity index (χ2v) is 9.14. The van der Waals surface area contributed by atoms with Gasteiger partial charge in [0.1, 0.15) is 0 Å². The Morgan fingerprint density at radius 3 is 2.53 bits per heavy atom. The monoisotopic (exact) mass is 430 g/mol. The van der Waals surface area contributed by atoms with Gasteiger partial charge in [0.05, 0.1) is 10.6 Å². The molecule has 30 heavy (non-hydrogen) atoms. The van der Waals surface area contributed by atoms with Gasteiger partial charge in [-0.3, -0.25) is 9.59 Å². The van der Waals surface area contributed by atoms with E-state index < -0.39 is 0 Å². The lowest BCUT2D eigenvalue weighted by Crippen LogP contribution is -2.41. The van der Waals surface area contributed by atoms with Crippen molar-refractivity contribution in [3.05, 3.63) is 49.7 Å². The molecule has 2 aromatic rings. The molecule has 1 amide bonds. The topological polar surface area (TPSA) is 77.2 Å². The van der Waals surface area contributed by atoms with Gasteiger partial charge in [0.25, 0.3) is 11.5 Å². The van der Waals surface area contributed by atoms with Crippen LogP contribution in [0.15, 0.2) is 16.2 Å². The number of thiophene rings is 1. The number of carbonyl (C=O) groups is 1. The largest absolute Gasteiger partial charge is 0.361 e. The average Bonchev–Trinajstić information content (AvgIpc) is 3.09. The van der Waals surface area contributed by atoms with E-state index in [1.807, 2.05) is 39.3 Å². The minimum Gasteiger partial charge on any atom is -0.361 e. The van der Waals surface area contributed by atoms with Gasteiger partial charge in [-0.1, -0.05) is 0 Å². The van der Waals surface area contributed by atoms with Crippen LogP contribution in [0.3, 0.4) is 0 Å². The minimum atomic E-state index is -0.134. The molecule has 0 bridgehead atoms. The van der Waals surface area contributed by atoms with Crippen molar-refractivity contribution in [2.45, 2.75) is 72.0 Å². The lowest BCUT2D eigenvalue weighted by Gasteiger charge is -2.37. The molecule has 0 unspecified atom stereocenters. The number of nitrogens with one attached hydrogen (secondary N) is 3. The van der Waals surface area contributed by atoms with Crippen molar-refractivity contribution in [3.8, 4) is 0 Å². The number of hydrogen-bond donors (Lipinski definition) is 3. The predicted octanol–water partition coefficient (Wildman–Crippen LogP) is 3.65. The number of aromatic nitrogens is 1. The standard InChI is InChI=1S/C23H34N4O2S/c1-6-27(18-9-7-17(24-5)8-10-18)23-16(4)20(13-30-23)21(28)25-12-19-14(2)11-15(3)26-22(19)29/h11,13,17-18,24H,6-10,12H2,1-5H3,(H,25,28)(H,26,29). The van der Waals surface area contributed by atoms with E-state index in [1.165, 1.54) is 30.7 Å². The predicted molar refractivity (Wildman–Crippen MR) is 125 cm³/mol. The normalized spacial score (nSPS) is 19.0. The fraction of sp³-hybridized carbons (Fsp3) is 0.565. The molecule has 2 aromatic heterocycles. The Hall–Kier alpha value is -2.12. The molecule has 2 heterocycles. The average molecular weight is 431 g/mol. The van der Waals surface area contributed by atoms with Crippen molar-refractivity contribution in [2.24, 2.45) is 0 Å². The van der Waals surface area contributed by atoms with E-state index in [1.54, 1.807) is 11.3 Å². The van der Waals surface area contributed by atoms with E-state index in [4.69, 9.17) is 0 Å². The van der Waals surface area contributed by atoms with Gasteiger partial charge in [0.15, 0.2) is 0 Å². The zero-order valence-corrected chi connectivity index (χ0v) is 19.5. The van der Waals surface area contributed by atoms with Gasteiger partial charge < -0.3 is 20.5 Å². The van der Waals surface area contributed by atoms with Crippen LogP contribution in [-0.4, -0.2) is 36.6 Å². The number of amides is 1. The first-order chi connectivity index (χ1) is 14.3. The van der Waals surface area contributed by atoms with Crippen molar-refractivity contribution in [3.63, 3.8) is 0 Å². The second-order valence-electron chi connectivity index (χ2n) is 8.29. The fourth-order valence-corrected chi connectivity index (χ4v) is 5.74. The van der Waals surface area contributed by atoms with Crippen molar-refractivity contribution < 1.29 is 4.79 Å². The molecule has 7 heteroatoms. The molecule has 1 fully saturated rings. The first-order valence-corrected chi connectivity index (χ1v) is 11.7. The number of H-pyrrole nitrogens is 1. The van der Waals surface area contributed by atoms with E-state index in [0.717, 1.165) is 23.4 Å². The van der Waals surface area contributed by atoms with Gasteiger partial charge in [-0.2, -0.15) is 0 Å². The molecule has 0 aromatic carbocycles. The smallest absolute Gasteiger partial charge is 0.253 e. The number of carbonyl (C=O) groups excluding carboxylic acids is 1. The third-order valence-corrected chi connectivity index (χ3v) is 7.44. The molecular formula is C23H34N4O2S. The van der Waals surface area contributed by atoms with Crippen molar-refractivity contribution in [2.75, 3.05) is 18.5 Å². The van der Waals surface area contributed by atoms with E-state index in [0.29, 0.717) is 23.2 Å². The van der Waals surface area contributed by atoms with Crippen LogP contribution < -0.4 is 21.1 Å². The molecule has 0 atom stereocenters. The number of pyridine rings is 1. The summed E-state index contributed by atoms with van der Waals surface area (Å²) in [5.74, 6) is -0.121. The van der Waals surface area contributed by atoms with Crippen LogP contribution in [0.25, 0.3) is 0 Å². The third-order valence-electron chi connectivity index (χ3n) is 6.32. The number of aryl methyl sites for hydroxylation is 2. The summed E-state index contributed by atoms with van der Waals surface area (Å²) in [6.45, 7) is 9.16. The molecule has 1 aliphatic carbocycles. The lowest BCUT2D eigenvalue weighted by molar-refractivity contribution is 0.0950. The van der Waals surface area contributed by atoms with Gasteiger partial charge in [0, 0.05) is 41.8 Å².